The molecule has 4 aliphatic rings. The minimum absolute atomic E-state index is 0.00895. The molecule has 2 amide bonds. The first-order chi connectivity index (χ1) is 17.1. The normalized spacial score (nSPS) is 40.9. The summed E-state index contributed by atoms with van der Waals surface area (Å²) in [5, 5.41) is 3.27. The number of hydrogen-bond acceptors (Lipinski definition) is 3. The molecule has 0 bridgehead atoms. The van der Waals surface area contributed by atoms with Gasteiger partial charge in [0.05, 0.1) is 17.1 Å². The van der Waals surface area contributed by atoms with E-state index in [0.717, 1.165) is 55.4 Å². The first-order valence-corrected chi connectivity index (χ1v) is 13.8. The molecule has 0 spiro atoms. The van der Waals surface area contributed by atoms with Gasteiger partial charge in [-0.3, -0.25) is 9.59 Å². The number of carbonyl (C=O) groups excluding carboxylic acids is 2. The zero-order valence-corrected chi connectivity index (χ0v) is 21.9. The Balaban J connectivity index is 1.19. The molecule has 1 unspecified atom stereocenters. The second-order valence-corrected chi connectivity index (χ2v) is 12.6. The number of fused-ring (bicyclic) bond motifs is 6. The summed E-state index contributed by atoms with van der Waals surface area (Å²) in [7, 11) is 1.80. The van der Waals surface area contributed by atoms with Gasteiger partial charge in [0.15, 0.2) is 6.17 Å². The van der Waals surface area contributed by atoms with Crippen molar-refractivity contribution in [1.29, 1.82) is 0 Å². The average Bonchev–Trinajstić information content (AvgIpc) is 3.43. The van der Waals surface area contributed by atoms with E-state index in [-0.39, 0.29) is 40.6 Å². The Labute approximate surface area is 212 Å². The number of nitrogens with one attached hydrogen (secondary N) is 2. The third-order valence-corrected chi connectivity index (χ3v) is 11.0. The van der Waals surface area contributed by atoms with E-state index in [1.165, 1.54) is 0 Å². The largest absolute Gasteiger partial charge is 0.346 e. The molecular weight excluding hydrogens is 455 g/mol. The standard InChI is InChI=1S/C29H39FN4O2/c1-16(25-32-22-7-5-6-8-23(22)33-25)31-26(35)20-11-10-18-17-9-12-24-29(3,15-21(30)27(36)34(24)4)19(17)13-14-28(18,20)2/h5-8,16-21,24H,9-15H2,1-4H3,(H,31,35)(H,32,33)/t16?,17-,18-,19-,20+,21+,24+,28-,29+/m0/s1. The van der Waals surface area contributed by atoms with Gasteiger partial charge in [-0.1, -0.05) is 26.0 Å². The van der Waals surface area contributed by atoms with Crippen LogP contribution < -0.4 is 5.32 Å². The molecule has 2 N–H and O–H groups in total. The van der Waals surface area contributed by atoms with Gasteiger partial charge in [-0.2, -0.15) is 0 Å². The highest BCUT2D eigenvalue weighted by molar-refractivity contribution is 5.82. The van der Waals surface area contributed by atoms with E-state index in [4.69, 9.17) is 0 Å². The molecule has 36 heavy (non-hydrogen) atoms. The number of aromatic nitrogens is 2. The molecule has 9 atom stereocenters. The number of nitrogens with zero attached hydrogens (tertiary/aromatic N) is 2. The molecule has 2 aromatic rings. The predicted octanol–water partition coefficient (Wildman–Crippen LogP) is 5.17. The van der Waals surface area contributed by atoms with Crippen LogP contribution in [0.1, 0.15) is 77.6 Å². The molecule has 7 heteroatoms. The molecule has 6 nitrogen and oxygen atoms in total. The molecule has 4 fully saturated rings. The number of piperidine rings is 1. The second kappa shape index (κ2) is 8.29. The van der Waals surface area contributed by atoms with Crippen molar-refractivity contribution in [2.75, 3.05) is 7.05 Å². The van der Waals surface area contributed by atoms with E-state index in [1.807, 2.05) is 31.2 Å². The summed E-state index contributed by atoms with van der Waals surface area (Å²) in [5.41, 5.74) is 1.68. The Hall–Kier alpha value is -2.44. The van der Waals surface area contributed by atoms with Gasteiger partial charge in [0, 0.05) is 19.0 Å². The first-order valence-electron chi connectivity index (χ1n) is 13.8. The summed E-state index contributed by atoms with van der Waals surface area (Å²) in [4.78, 5) is 35.7. The lowest BCUT2D eigenvalue weighted by atomic mass is 9.46. The maximum Gasteiger partial charge on any atom is 0.257 e. The van der Waals surface area contributed by atoms with Crippen molar-refractivity contribution in [3.05, 3.63) is 30.1 Å². The molecule has 2 heterocycles. The Morgan fingerprint density at radius 3 is 2.67 bits per heavy atom. The second-order valence-electron chi connectivity index (χ2n) is 12.6. The summed E-state index contributed by atoms with van der Waals surface area (Å²) in [6.45, 7) is 6.57. The van der Waals surface area contributed by atoms with E-state index in [1.54, 1.807) is 11.9 Å². The monoisotopic (exact) mass is 494 g/mol. The molecular formula is C29H39FN4O2. The molecule has 194 valence electrons. The summed E-state index contributed by atoms with van der Waals surface area (Å²) >= 11 is 0. The minimum atomic E-state index is -1.38. The smallest absolute Gasteiger partial charge is 0.257 e. The highest BCUT2D eigenvalue weighted by Gasteiger charge is 2.63. The number of benzene rings is 1. The number of para-hydroxylation sites is 2. The van der Waals surface area contributed by atoms with Crippen molar-refractivity contribution in [1.82, 2.24) is 20.2 Å². The van der Waals surface area contributed by atoms with Crippen LogP contribution in [0.2, 0.25) is 0 Å². The predicted molar refractivity (Wildman–Crippen MR) is 137 cm³/mol. The third kappa shape index (κ3) is 3.37. The molecule has 1 saturated heterocycles. The zero-order valence-electron chi connectivity index (χ0n) is 21.9. The average molecular weight is 495 g/mol. The fraction of sp³-hybridized carbons (Fsp3) is 0.690. The molecule has 1 aromatic carbocycles. The van der Waals surface area contributed by atoms with Crippen LogP contribution in [0, 0.1) is 34.5 Å². The summed E-state index contributed by atoms with van der Waals surface area (Å²) in [6, 6.07) is 7.88. The van der Waals surface area contributed by atoms with Gasteiger partial charge in [0.1, 0.15) is 5.82 Å². The van der Waals surface area contributed by atoms with E-state index in [0.29, 0.717) is 24.2 Å². The molecule has 3 saturated carbocycles. The lowest BCUT2D eigenvalue weighted by Crippen LogP contribution is -2.64. The van der Waals surface area contributed by atoms with Crippen molar-refractivity contribution in [2.24, 2.45) is 34.5 Å². The van der Waals surface area contributed by atoms with Crippen LogP contribution in [-0.2, 0) is 9.59 Å². The number of amides is 2. The number of H-pyrrole nitrogens is 1. The van der Waals surface area contributed by atoms with Gasteiger partial charge < -0.3 is 15.2 Å². The lowest BCUT2D eigenvalue weighted by Gasteiger charge is -2.62. The van der Waals surface area contributed by atoms with Gasteiger partial charge in [0.25, 0.3) is 5.91 Å². The van der Waals surface area contributed by atoms with Gasteiger partial charge >= 0.3 is 0 Å². The van der Waals surface area contributed by atoms with Crippen molar-refractivity contribution in [2.45, 2.75) is 84.0 Å². The van der Waals surface area contributed by atoms with Crippen LogP contribution >= 0.6 is 0 Å². The van der Waals surface area contributed by atoms with Crippen LogP contribution in [0.15, 0.2) is 24.3 Å². The van der Waals surface area contributed by atoms with E-state index in [9.17, 15) is 14.0 Å². The SMILES string of the molecule is CC(NC(=O)[C@H]1CC[C@H]2[C@@H]3CC[C@H]4N(C)C(=O)[C@H](F)C[C@]4(C)[C@H]3CC[C@]12C)c1nc2ccccc2[nH]1. The number of carbonyl (C=O) groups is 2. The maximum atomic E-state index is 14.8. The van der Waals surface area contributed by atoms with E-state index in [2.05, 4.69) is 29.1 Å². The summed E-state index contributed by atoms with van der Waals surface area (Å²) in [6.07, 6.45) is 4.96. The quantitative estimate of drug-likeness (QED) is 0.618. The molecule has 0 radical (unpaired) electrons. The third-order valence-electron chi connectivity index (χ3n) is 11.0. The molecule has 1 aliphatic heterocycles. The number of hydrogen-bond donors (Lipinski definition) is 2. The van der Waals surface area contributed by atoms with Crippen LogP contribution in [-0.4, -0.2) is 45.9 Å². The highest BCUT2D eigenvalue weighted by atomic mass is 19.1. The Kier molecular flexibility index (Phi) is 5.51. The van der Waals surface area contributed by atoms with Crippen LogP contribution in [0.3, 0.4) is 0 Å². The molecule has 1 aromatic heterocycles. The maximum absolute atomic E-state index is 14.8. The molecule has 3 aliphatic carbocycles. The van der Waals surface area contributed by atoms with Crippen LogP contribution in [0.5, 0.6) is 0 Å². The number of halogens is 1. The fourth-order valence-electron chi connectivity index (χ4n) is 9.20. The van der Waals surface area contributed by atoms with E-state index < -0.39 is 6.17 Å². The fourth-order valence-corrected chi connectivity index (χ4v) is 9.20. The highest BCUT2D eigenvalue weighted by Crippen LogP contribution is 2.66. The van der Waals surface area contributed by atoms with Crippen LogP contribution in [0.4, 0.5) is 4.39 Å². The minimum Gasteiger partial charge on any atom is -0.346 e. The summed E-state index contributed by atoms with van der Waals surface area (Å²) < 4.78 is 14.8. The summed E-state index contributed by atoms with van der Waals surface area (Å²) in [5.74, 6) is 1.98. The Morgan fingerprint density at radius 2 is 1.89 bits per heavy atom. The van der Waals surface area contributed by atoms with Gasteiger partial charge in [-0.25, -0.2) is 9.37 Å². The number of rotatable bonds is 3. The number of likely N-dealkylation sites (tertiary alicyclic amines) is 1. The zero-order chi connectivity index (χ0) is 25.4. The van der Waals surface area contributed by atoms with Crippen molar-refractivity contribution in [3.63, 3.8) is 0 Å². The van der Waals surface area contributed by atoms with Gasteiger partial charge in [-0.05, 0) is 92.6 Å². The van der Waals surface area contributed by atoms with Crippen molar-refractivity contribution in [3.8, 4) is 0 Å². The number of imidazole rings is 1. The van der Waals surface area contributed by atoms with E-state index >= 15 is 0 Å². The van der Waals surface area contributed by atoms with Gasteiger partial charge in [-0.15, -0.1) is 0 Å². The Bertz CT molecular complexity index is 1160. The van der Waals surface area contributed by atoms with Gasteiger partial charge in [0.2, 0.25) is 5.91 Å². The lowest BCUT2D eigenvalue weighted by molar-refractivity contribution is -0.169. The molecule has 6 rings (SSSR count). The number of alkyl halides is 1. The topological polar surface area (TPSA) is 78.1 Å². The first kappa shape index (κ1) is 23.9. The Morgan fingerprint density at radius 1 is 1.14 bits per heavy atom. The van der Waals surface area contributed by atoms with Crippen LogP contribution in [0.25, 0.3) is 11.0 Å². The number of aromatic amines is 1. The van der Waals surface area contributed by atoms with Crippen molar-refractivity contribution >= 4 is 22.8 Å². The van der Waals surface area contributed by atoms with Crippen molar-refractivity contribution < 1.29 is 14.0 Å².